The fraction of sp³-hybridized carbons (Fsp3) is 0.294. The van der Waals surface area contributed by atoms with Gasteiger partial charge < -0.3 is 10.5 Å². The monoisotopic (exact) mass is 358 g/mol. The Kier molecular flexibility index (Phi) is 4.80. The van der Waals surface area contributed by atoms with Gasteiger partial charge in [0.1, 0.15) is 10.8 Å². The highest BCUT2D eigenvalue weighted by molar-refractivity contribution is 7.16. The molecule has 0 amide bonds. The minimum Gasteiger partial charge on any atom is -0.493 e. The van der Waals surface area contributed by atoms with Gasteiger partial charge in [-0.05, 0) is 30.2 Å². The molecule has 0 fully saturated rings. The van der Waals surface area contributed by atoms with Gasteiger partial charge in [-0.15, -0.1) is 0 Å². The maximum atomic E-state index is 12.4. The quantitative estimate of drug-likeness (QED) is 0.879. The predicted molar refractivity (Wildman–Crippen MR) is 97.4 cm³/mol. The van der Waals surface area contributed by atoms with Gasteiger partial charge >= 0.3 is 0 Å². The van der Waals surface area contributed by atoms with Crippen LogP contribution >= 0.6 is 11.3 Å². The zero-order chi connectivity index (χ0) is 18.0. The summed E-state index contributed by atoms with van der Waals surface area (Å²) in [5.41, 5.74) is 6.60. The number of hydrogen-bond acceptors (Lipinski definition) is 7. The highest BCUT2D eigenvalue weighted by Crippen LogP contribution is 2.21. The lowest BCUT2D eigenvalue weighted by Gasteiger charge is -2.08. The van der Waals surface area contributed by atoms with Crippen molar-refractivity contribution >= 4 is 34.0 Å². The molecule has 2 heterocycles. The zero-order valence-electron chi connectivity index (χ0n) is 14.0. The molecule has 3 rings (SSSR count). The Balaban J connectivity index is 2.06. The van der Waals surface area contributed by atoms with Gasteiger partial charge in [0, 0.05) is 6.42 Å². The van der Waals surface area contributed by atoms with Crippen LogP contribution in [0.3, 0.4) is 0 Å². The number of ketones is 1. The summed E-state index contributed by atoms with van der Waals surface area (Å²) >= 11 is 1.37. The average Bonchev–Trinajstić information content (AvgIpc) is 3.01. The molecule has 1 aliphatic rings. The molecule has 8 heteroatoms. The number of allylic oxidation sites excluding steroid dienone is 4. The molecule has 25 heavy (non-hydrogen) atoms. The van der Waals surface area contributed by atoms with Crippen molar-refractivity contribution in [1.29, 1.82) is 0 Å². The van der Waals surface area contributed by atoms with Gasteiger partial charge in [-0.3, -0.25) is 9.59 Å². The number of nitrogen functional groups attached to an aromatic ring is 1. The minimum atomic E-state index is -0.423. The summed E-state index contributed by atoms with van der Waals surface area (Å²) < 4.78 is 6.52. The summed E-state index contributed by atoms with van der Waals surface area (Å²) in [6.45, 7) is 2.11. The lowest BCUT2D eigenvalue weighted by molar-refractivity contribution is -0.114. The number of carbonyl (C=O) groups is 1. The number of hydrogen-bond donors (Lipinski definition) is 1. The number of nitrogens with zero attached hydrogens (tertiary/aromatic N) is 3. The third-order valence-corrected chi connectivity index (χ3v) is 4.74. The Bertz CT molecular complexity index is 982. The van der Waals surface area contributed by atoms with Crippen molar-refractivity contribution in [2.45, 2.75) is 26.2 Å². The molecule has 0 saturated heterocycles. The van der Waals surface area contributed by atoms with Crippen LogP contribution in [0.2, 0.25) is 0 Å². The van der Waals surface area contributed by atoms with Crippen molar-refractivity contribution in [2.75, 3.05) is 12.8 Å². The smallest absolute Gasteiger partial charge is 0.283 e. The summed E-state index contributed by atoms with van der Waals surface area (Å²) in [5.74, 6) is 0.217. The summed E-state index contributed by atoms with van der Waals surface area (Å²) in [6.07, 6.45) is 9.05. The first-order chi connectivity index (χ1) is 12.0. The van der Waals surface area contributed by atoms with E-state index in [0.717, 1.165) is 24.3 Å². The third kappa shape index (κ3) is 3.39. The van der Waals surface area contributed by atoms with Gasteiger partial charge in [0.2, 0.25) is 10.7 Å². The number of anilines is 1. The first kappa shape index (κ1) is 17.1. The first-order valence-corrected chi connectivity index (χ1v) is 8.73. The Hall–Kier alpha value is -2.74. The number of fused-ring (bicyclic) bond motifs is 1. The van der Waals surface area contributed by atoms with Crippen LogP contribution in [0.4, 0.5) is 5.82 Å². The second kappa shape index (κ2) is 7.02. The molecule has 0 aromatic carbocycles. The Morgan fingerprint density at radius 1 is 1.36 bits per heavy atom. The highest BCUT2D eigenvalue weighted by Gasteiger charge is 2.15. The average molecular weight is 358 g/mol. The number of ether oxygens (including phenoxy) is 1. The number of unbranched alkanes of at least 4 members (excludes halogenated alkanes) is 1. The number of aromatic nitrogens is 3. The Labute approximate surface area is 148 Å². The second-order valence-corrected chi connectivity index (χ2v) is 6.60. The molecule has 2 N–H and O–H groups in total. The number of aryl methyl sites for hydroxylation is 1. The fourth-order valence-electron chi connectivity index (χ4n) is 2.43. The van der Waals surface area contributed by atoms with E-state index in [2.05, 4.69) is 17.0 Å². The number of nitrogens with two attached hydrogens (primary N) is 1. The molecule has 0 bridgehead atoms. The van der Waals surface area contributed by atoms with Gasteiger partial charge in [-0.2, -0.15) is 14.6 Å². The zero-order valence-corrected chi connectivity index (χ0v) is 14.8. The molecule has 2 aromatic rings. The van der Waals surface area contributed by atoms with E-state index in [1.807, 2.05) is 0 Å². The number of methoxy groups -OCH3 is 1. The second-order valence-electron chi connectivity index (χ2n) is 5.56. The molecule has 0 radical (unpaired) electrons. The van der Waals surface area contributed by atoms with Gasteiger partial charge in [0.15, 0.2) is 5.76 Å². The molecule has 0 unspecified atom stereocenters. The standard InChI is InChI=1S/C17H18N4O3S/c1-3-4-5-14-20-21-15(18)11(16(23)19-17(21)25-14)8-10-6-7-12(22)13(9-10)24-2/h6-9H,3-5,18H2,1-2H3. The van der Waals surface area contributed by atoms with E-state index in [1.54, 1.807) is 18.2 Å². The maximum Gasteiger partial charge on any atom is 0.283 e. The SMILES string of the molecule is CCCCc1nn2c(N)c(C=C3C=CC(=O)C(OC)=C3)c(=O)nc2s1. The van der Waals surface area contributed by atoms with Crippen molar-refractivity contribution in [1.82, 2.24) is 14.6 Å². The van der Waals surface area contributed by atoms with Crippen LogP contribution in [-0.2, 0) is 16.0 Å². The van der Waals surface area contributed by atoms with Gasteiger partial charge in [-0.25, -0.2) is 0 Å². The van der Waals surface area contributed by atoms with E-state index < -0.39 is 5.56 Å². The molecule has 0 aliphatic heterocycles. The largest absolute Gasteiger partial charge is 0.493 e. The van der Waals surface area contributed by atoms with E-state index >= 15 is 0 Å². The van der Waals surface area contributed by atoms with Crippen molar-refractivity contribution in [3.63, 3.8) is 0 Å². The molecule has 130 valence electrons. The molecule has 0 atom stereocenters. The van der Waals surface area contributed by atoms with E-state index in [1.165, 1.54) is 29.0 Å². The normalized spacial score (nSPS) is 15.8. The molecule has 7 nitrogen and oxygen atoms in total. The lowest BCUT2D eigenvalue weighted by atomic mass is 10.0. The van der Waals surface area contributed by atoms with Crippen LogP contribution in [0.15, 0.2) is 34.4 Å². The highest BCUT2D eigenvalue weighted by atomic mass is 32.1. The summed E-state index contributed by atoms with van der Waals surface area (Å²) in [5, 5.41) is 5.35. The number of carbonyl (C=O) groups excluding carboxylic acids is 1. The van der Waals surface area contributed by atoms with E-state index in [9.17, 15) is 9.59 Å². The number of rotatable bonds is 5. The molecule has 0 saturated carbocycles. The van der Waals surface area contributed by atoms with Crippen LogP contribution in [0.25, 0.3) is 11.0 Å². The van der Waals surface area contributed by atoms with Gasteiger partial charge in [-0.1, -0.05) is 30.8 Å². The third-order valence-electron chi connectivity index (χ3n) is 3.78. The van der Waals surface area contributed by atoms with Crippen LogP contribution in [0, 0.1) is 0 Å². The van der Waals surface area contributed by atoms with Crippen molar-refractivity contribution in [3.05, 3.63) is 50.5 Å². The predicted octanol–water partition coefficient (Wildman–Crippen LogP) is 2.13. The van der Waals surface area contributed by atoms with Crippen LogP contribution in [0.1, 0.15) is 30.3 Å². The minimum absolute atomic E-state index is 0.206. The van der Waals surface area contributed by atoms with Crippen molar-refractivity contribution in [2.24, 2.45) is 0 Å². The van der Waals surface area contributed by atoms with Crippen LogP contribution < -0.4 is 11.3 Å². The Morgan fingerprint density at radius 3 is 2.88 bits per heavy atom. The molecular weight excluding hydrogens is 340 g/mol. The first-order valence-electron chi connectivity index (χ1n) is 7.91. The maximum absolute atomic E-state index is 12.4. The molecular formula is C17H18N4O3S. The van der Waals surface area contributed by atoms with E-state index in [-0.39, 0.29) is 22.9 Å². The molecule has 0 spiro atoms. The molecule has 2 aromatic heterocycles. The van der Waals surface area contributed by atoms with E-state index in [4.69, 9.17) is 10.5 Å². The Morgan fingerprint density at radius 2 is 2.16 bits per heavy atom. The van der Waals surface area contributed by atoms with Gasteiger partial charge in [0.25, 0.3) is 5.56 Å². The van der Waals surface area contributed by atoms with Gasteiger partial charge in [0.05, 0.1) is 12.7 Å². The van der Waals surface area contributed by atoms with Crippen molar-refractivity contribution < 1.29 is 9.53 Å². The lowest BCUT2D eigenvalue weighted by Crippen LogP contribution is -2.17. The van der Waals surface area contributed by atoms with Crippen LogP contribution in [-0.4, -0.2) is 27.5 Å². The summed E-state index contributed by atoms with van der Waals surface area (Å²) in [6, 6.07) is 0. The van der Waals surface area contributed by atoms with Crippen LogP contribution in [0.5, 0.6) is 0 Å². The van der Waals surface area contributed by atoms with E-state index in [0.29, 0.717) is 10.5 Å². The van der Waals surface area contributed by atoms with Crippen molar-refractivity contribution in [3.8, 4) is 0 Å². The molecule has 1 aliphatic carbocycles. The fourth-order valence-corrected chi connectivity index (χ4v) is 3.36. The summed E-state index contributed by atoms with van der Waals surface area (Å²) in [4.78, 5) is 28.5. The summed E-state index contributed by atoms with van der Waals surface area (Å²) in [7, 11) is 1.42. The topological polar surface area (TPSA) is 99.6 Å².